The summed E-state index contributed by atoms with van der Waals surface area (Å²) in [5.41, 5.74) is 3.78. The third kappa shape index (κ3) is 3.99. The second-order valence-electron chi connectivity index (χ2n) is 7.68. The van der Waals surface area contributed by atoms with Crippen molar-refractivity contribution in [2.75, 3.05) is 6.54 Å². The quantitative estimate of drug-likeness (QED) is 0.302. The molecule has 0 aliphatic rings. The van der Waals surface area contributed by atoms with Gasteiger partial charge in [-0.2, -0.15) is 0 Å². The molecule has 5 aromatic rings. The fourth-order valence-corrected chi connectivity index (χ4v) is 5.21. The first-order valence-corrected chi connectivity index (χ1v) is 11.4. The number of carbonyl (C=O) groups excluding carboxylic acids is 1. The average Bonchev–Trinajstić information content (AvgIpc) is 3.23. The summed E-state index contributed by atoms with van der Waals surface area (Å²) in [7, 11) is 0. The highest BCUT2D eigenvalue weighted by atomic mass is 32.1. The molecular weight excluding hydrogens is 419 g/mol. The summed E-state index contributed by atoms with van der Waals surface area (Å²) in [4.78, 5) is 18.4. The molecule has 3 nitrogen and oxygen atoms in total. The van der Waals surface area contributed by atoms with Crippen molar-refractivity contribution in [3.05, 3.63) is 101 Å². The number of hydrogen-bond acceptors (Lipinski definition) is 3. The SMILES string of the molecule is O=C(NCCCc1ccccc1)c1sc2c(cnc3ccc(F)cc32)c1-c1ccccc1. The Labute approximate surface area is 189 Å². The molecule has 0 fully saturated rings. The molecule has 32 heavy (non-hydrogen) atoms. The van der Waals surface area contributed by atoms with Gasteiger partial charge < -0.3 is 5.32 Å². The molecule has 1 N–H and O–H groups in total. The third-order valence-corrected chi connectivity index (χ3v) is 6.76. The Kier molecular flexibility index (Phi) is 5.65. The average molecular weight is 441 g/mol. The largest absolute Gasteiger partial charge is 0.351 e. The molecule has 0 spiro atoms. The van der Waals surface area contributed by atoms with Gasteiger partial charge in [0.25, 0.3) is 5.91 Å². The maximum absolute atomic E-state index is 14.0. The number of amides is 1. The molecule has 0 aliphatic heterocycles. The molecule has 2 aromatic heterocycles. The zero-order chi connectivity index (χ0) is 21.9. The Bertz CT molecular complexity index is 1400. The maximum Gasteiger partial charge on any atom is 0.262 e. The molecule has 2 heterocycles. The highest BCUT2D eigenvalue weighted by Gasteiger charge is 2.21. The van der Waals surface area contributed by atoms with Crippen LogP contribution in [0.4, 0.5) is 4.39 Å². The first kappa shape index (κ1) is 20.3. The van der Waals surface area contributed by atoms with Crippen LogP contribution in [0.15, 0.2) is 85.1 Å². The van der Waals surface area contributed by atoms with Gasteiger partial charge in [0.05, 0.1) is 5.52 Å². The van der Waals surface area contributed by atoms with Gasteiger partial charge in [0, 0.05) is 33.8 Å². The standard InChI is InChI=1S/C27H21FN2OS/c28-20-13-14-23-21(16-20)25-22(17-30-23)24(19-11-5-2-6-12-19)26(32-25)27(31)29-15-7-10-18-8-3-1-4-9-18/h1-6,8-9,11-14,16-17H,7,10,15H2,(H,29,31). The van der Waals surface area contributed by atoms with Crippen LogP contribution in [-0.2, 0) is 6.42 Å². The first-order valence-electron chi connectivity index (χ1n) is 10.6. The van der Waals surface area contributed by atoms with Gasteiger partial charge >= 0.3 is 0 Å². The number of aromatic nitrogens is 1. The second-order valence-corrected chi connectivity index (χ2v) is 8.70. The minimum atomic E-state index is -0.312. The number of fused-ring (bicyclic) bond motifs is 3. The summed E-state index contributed by atoms with van der Waals surface area (Å²) in [6.45, 7) is 0.587. The van der Waals surface area contributed by atoms with Crippen molar-refractivity contribution in [2.45, 2.75) is 12.8 Å². The van der Waals surface area contributed by atoms with Gasteiger partial charge in [0.2, 0.25) is 0 Å². The fourth-order valence-electron chi connectivity index (χ4n) is 3.97. The van der Waals surface area contributed by atoms with Crippen molar-refractivity contribution in [3.63, 3.8) is 0 Å². The predicted molar refractivity (Wildman–Crippen MR) is 130 cm³/mol. The molecule has 0 radical (unpaired) electrons. The van der Waals surface area contributed by atoms with Crippen LogP contribution in [0, 0.1) is 5.82 Å². The van der Waals surface area contributed by atoms with Crippen molar-refractivity contribution in [3.8, 4) is 11.1 Å². The van der Waals surface area contributed by atoms with E-state index in [1.807, 2.05) is 48.5 Å². The molecule has 1 amide bonds. The van der Waals surface area contributed by atoms with Gasteiger partial charge in [-0.25, -0.2) is 4.39 Å². The number of benzene rings is 3. The summed E-state index contributed by atoms with van der Waals surface area (Å²) in [5.74, 6) is -0.420. The van der Waals surface area contributed by atoms with Gasteiger partial charge in [0.15, 0.2) is 0 Å². The second kappa shape index (κ2) is 8.89. The van der Waals surface area contributed by atoms with Crippen molar-refractivity contribution < 1.29 is 9.18 Å². The molecule has 0 atom stereocenters. The van der Waals surface area contributed by atoms with E-state index in [9.17, 15) is 9.18 Å². The zero-order valence-corrected chi connectivity index (χ0v) is 18.2. The lowest BCUT2D eigenvalue weighted by Gasteiger charge is -2.07. The number of rotatable bonds is 6. The normalized spacial score (nSPS) is 11.2. The lowest BCUT2D eigenvalue weighted by Crippen LogP contribution is -2.24. The number of aryl methyl sites for hydroxylation is 1. The van der Waals surface area contributed by atoms with Crippen LogP contribution < -0.4 is 5.32 Å². The lowest BCUT2D eigenvalue weighted by molar-refractivity contribution is 0.0958. The zero-order valence-electron chi connectivity index (χ0n) is 17.3. The van der Waals surface area contributed by atoms with Crippen LogP contribution in [0.1, 0.15) is 21.7 Å². The van der Waals surface area contributed by atoms with Crippen molar-refractivity contribution in [1.29, 1.82) is 0 Å². The van der Waals surface area contributed by atoms with E-state index >= 15 is 0 Å². The topological polar surface area (TPSA) is 42.0 Å². The minimum absolute atomic E-state index is 0.109. The number of nitrogens with one attached hydrogen (secondary N) is 1. The number of thiophene rings is 1. The summed E-state index contributed by atoms with van der Waals surface area (Å²) < 4.78 is 14.9. The fraction of sp³-hybridized carbons (Fsp3) is 0.111. The van der Waals surface area contributed by atoms with Gasteiger partial charge in [-0.05, 0) is 42.2 Å². The van der Waals surface area contributed by atoms with Crippen LogP contribution in [0.3, 0.4) is 0 Å². The first-order chi connectivity index (χ1) is 15.7. The Morgan fingerprint density at radius 2 is 1.69 bits per heavy atom. The monoisotopic (exact) mass is 440 g/mol. The summed E-state index contributed by atoms with van der Waals surface area (Å²) >= 11 is 1.40. The summed E-state index contributed by atoms with van der Waals surface area (Å²) in [6, 6.07) is 24.7. The molecule has 0 unspecified atom stereocenters. The summed E-state index contributed by atoms with van der Waals surface area (Å²) in [6.07, 6.45) is 3.56. The van der Waals surface area contributed by atoms with Gasteiger partial charge in [-0.3, -0.25) is 9.78 Å². The number of halogens is 1. The van der Waals surface area contributed by atoms with E-state index < -0.39 is 0 Å². The molecule has 0 aliphatic carbocycles. The van der Waals surface area contributed by atoms with Crippen molar-refractivity contribution >= 4 is 38.2 Å². The number of nitrogens with zero attached hydrogens (tertiary/aromatic N) is 1. The van der Waals surface area contributed by atoms with Gasteiger partial charge in [-0.1, -0.05) is 60.7 Å². The van der Waals surface area contributed by atoms with E-state index in [0.29, 0.717) is 11.4 Å². The van der Waals surface area contributed by atoms with Crippen LogP contribution in [0.5, 0.6) is 0 Å². The third-order valence-electron chi connectivity index (χ3n) is 5.52. The van der Waals surface area contributed by atoms with Crippen LogP contribution in [0.25, 0.3) is 32.1 Å². The molecule has 3 aromatic carbocycles. The minimum Gasteiger partial charge on any atom is -0.351 e. The van der Waals surface area contributed by atoms with E-state index in [4.69, 9.17) is 0 Å². The summed E-state index contributed by atoms with van der Waals surface area (Å²) in [5, 5.41) is 4.68. The van der Waals surface area contributed by atoms with Crippen molar-refractivity contribution in [2.24, 2.45) is 0 Å². The van der Waals surface area contributed by atoms with E-state index in [-0.39, 0.29) is 11.7 Å². The van der Waals surface area contributed by atoms with E-state index in [1.54, 1.807) is 12.3 Å². The number of pyridine rings is 1. The van der Waals surface area contributed by atoms with Crippen LogP contribution in [-0.4, -0.2) is 17.4 Å². The molecule has 0 saturated heterocycles. The Morgan fingerprint density at radius 1 is 0.938 bits per heavy atom. The van der Waals surface area contributed by atoms with Crippen molar-refractivity contribution in [1.82, 2.24) is 10.3 Å². The van der Waals surface area contributed by atoms with Gasteiger partial charge in [0.1, 0.15) is 10.7 Å². The molecule has 0 bridgehead atoms. The molecule has 5 rings (SSSR count). The number of carbonyl (C=O) groups is 1. The Morgan fingerprint density at radius 3 is 2.47 bits per heavy atom. The van der Waals surface area contributed by atoms with E-state index in [2.05, 4.69) is 22.4 Å². The molecular formula is C27H21FN2OS. The predicted octanol–water partition coefficient (Wildman–Crippen LogP) is 6.62. The highest BCUT2D eigenvalue weighted by Crippen LogP contribution is 2.41. The van der Waals surface area contributed by atoms with Gasteiger partial charge in [-0.15, -0.1) is 11.3 Å². The Balaban J connectivity index is 1.50. The van der Waals surface area contributed by atoms with E-state index in [1.165, 1.54) is 29.0 Å². The number of hydrogen-bond donors (Lipinski definition) is 1. The molecule has 5 heteroatoms. The van der Waals surface area contributed by atoms with Crippen LogP contribution in [0.2, 0.25) is 0 Å². The highest BCUT2D eigenvalue weighted by molar-refractivity contribution is 7.22. The van der Waals surface area contributed by atoms with Crippen LogP contribution >= 0.6 is 11.3 Å². The lowest BCUT2D eigenvalue weighted by atomic mass is 10.0. The molecule has 158 valence electrons. The maximum atomic E-state index is 14.0. The van der Waals surface area contributed by atoms with E-state index in [0.717, 1.165) is 45.0 Å². The smallest absolute Gasteiger partial charge is 0.262 e. The molecule has 0 saturated carbocycles. The Hall–Kier alpha value is -3.57.